The van der Waals surface area contributed by atoms with Crippen molar-refractivity contribution in [2.75, 3.05) is 26.2 Å². The number of likely N-dealkylation sites (tertiary alicyclic amines) is 1. The fraction of sp³-hybridized carbons (Fsp3) is 0.615. The van der Waals surface area contributed by atoms with Gasteiger partial charge < -0.3 is 5.32 Å². The maximum absolute atomic E-state index is 4.41. The minimum atomic E-state index is 0.858. The smallest absolute Gasteiger partial charge is 0.0543 e. The van der Waals surface area contributed by atoms with Crippen LogP contribution in [0.2, 0.25) is 0 Å². The zero-order valence-corrected chi connectivity index (χ0v) is 9.60. The molecule has 2 fully saturated rings. The zero-order valence-electron chi connectivity index (χ0n) is 9.60. The van der Waals surface area contributed by atoms with Crippen molar-refractivity contribution in [1.29, 1.82) is 0 Å². The first kappa shape index (κ1) is 10.2. The van der Waals surface area contributed by atoms with Crippen LogP contribution in [-0.2, 0) is 6.54 Å². The van der Waals surface area contributed by atoms with Crippen LogP contribution in [0.15, 0.2) is 24.4 Å². The standard InChI is InChI=1S/C13H19N3/c1-2-4-15-13(3-1)10-16-8-11-5-12(9-16)7-14-6-11/h1-4,11-12,14H,5-10H2. The van der Waals surface area contributed by atoms with E-state index >= 15 is 0 Å². The van der Waals surface area contributed by atoms with Gasteiger partial charge in [-0.15, -0.1) is 0 Å². The van der Waals surface area contributed by atoms with E-state index in [4.69, 9.17) is 0 Å². The van der Waals surface area contributed by atoms with Gasteiger partial charge >= 0.3 is 0 Å². The topological polar surface area (TPSA) is 28.2 Å². The van der Waals surface area contributed by atoms with Crippen molar-refractivity contribution in [2.45, 2.75) is 13.0 Å². The lowest BCUT2D eigenvalue weighted by molar-refractivity contribution is 0.0907. The minimum Gasteiger partial charge on any atom is -0.316 e. The molecule has 2 atom stereocenters. The molecule has 0 spiro atoms. The summed E-state index contributed by atoms with van der Waals surface area (Å²) in [6.07, 6.45) is 3.31. The normalized spacial score (nSPS) is 30.2. The SMILES string of the molecule is c1ccc(CN2CC3CNCC(C3)C2)nc1. The molecule has 0 aliphatic carbocycles. The molecule has 0 radical (unpaired) electrons. The second-order valence-corrected chi connectivity index (χ2v) is 5.14. The second-order valence-electron chi connectivity index (χ2n) is 5.14. The Bertz CT molecular complexity index is 326. The summed E-state index contributed by atoms with van der Waals surface area (Å²) in [4.78, 5) is 6.98. The predicted octanol–water partition coefficient (Wildman–Crippen LogP) is 1.12. The van der Waals surface area contributed by atoms with Crippen LogP contribution in [0.3, 0.4) is 0 Å². The van der Waals surface area contributed by atoms with Gasteiger partial charge in [0.05, 0.1) is 5.69 Å². The molecule has 3 nitrogen and oxygen atoms in total. The molecule has 0 aromatic carbocycles. The summed E-state index contributed by atoms with van der Waals surface area (Å²) in [5.41, 5.74) is 1.20. The molecule has 2 saturated heterocycles. The third-order valence-electron chi connectivity index (χ3n) is 3.68. The van der Waals surface area contributed by atoms with Crippen LogP contribution in [0.4, 0.5) is 0 Å². The van der Waals surface area contributed by atoms with Crippen LogP contribution >= 0.6 is 0 Å². The highest BCUT2D eigenvalue weighted by Crippen LogP contribution is 2.25. The van der Waals surface area contributed by atoms with Gasteiger partial charge in [0.1, 0.15) is 0 Å². The van der Waals surface area contributed by atoms with E-state index in [1.165, 1.54) is 38.3 Å². The van der Waals surface area contributed by atoms with Crippen LogP contribution in [-0.4, -0.2) is 36.1 Å². The Kier molecular flexibility index (Phi) is 2.89. The summed E-state index contributed by atoms with van der Waals surface area (Å²) in [6.45, 7) is 5.90. The first-order valence-corrected chi connectivity index (χ1v) is 6.23. The van der Waals surface area contributed by atoms with E-state index in [9.17, 15) is 0 Å². The summed E-state index contributed by atoms with van der Waals surface area (Å²) >= 11 is 0. The first-order chi connectivity index (χ1) is 7.90. The van der Waals surface area contributed by atoms with Crippen molar-refractivity contribution in [2.24, 2.45) is 11.8 Å². The van der Waals surface area contributed by atoms with Crippen molar-refractivity contribution in [3.63, 3.8) is 0 Å². The van der Waals surface area contributed by atoms with Gasteiger partial charge in [-0.05, 0) is 43.5 Å². The lowest BCUT2D eigenvalue weighted by atomic mass is 9.86. The fourth-order valence-electron chi connectivity index (χ4n) is 3.06. The molecule has 2 unspecified atom stereocenters. The molecule has 1 aromatic heterocycles. The van der Waals surface area contributed by atoms with Gasteiger partial charge in [0.2, 0.25) is 0 Å². The number of nitrogens with zero attached hydrogens (tertiary/aromatic N) is 2. The summed E-state index contributed by atoms with van der Waals surface area (Å²) in [7, 11) is 0. The van der Waals surface area contributed by atoms with Gasteiger partial charge in [-0.2, -0.15) is 0 Å². The van der Waals surface area contributed by atoms with E-state index in [0.717, 1.165) is 18.4 Å². The Morgan fingerprint density at radius 2 is 2.06 bits per heavy atom. The predicted molar refractivity (Wildman–Crippen MR) is 64.0 cm³/mol. The Morgan fingerprint density at radius 3 is 2.75 bits per heavy atom. The monoisotopic (exact) mass is 217 g/mol. The lowest BCUT2D eigenvalue weighted by Gasteiger charge is -2.41. The van der Waals surface area contributed by atoms with E-state index < -0.39 is 0 Å². The van der Waals surface area contributed by atoms with Crippen molar-refractivity contribution >= 4 is 0 Å². The maximum Gasteiger partial charge on any atom is 0.0543 e. The van der Waals surface area contributed by atoms with Crippen molar-refractivity contribution in [3.05, 3.63) is 30.1 Å². The lowest BCUT2D eigenvalue weighted by Crippen LogP contribution is -2.50. The van der Waals surface area contributed by atoms with Gasteiger partial charge in [-0.25, -0.2) is 0 Å². The number of hydrogen-bond donors (Lipinski definition) is 1. The Hall–Kier alpha value is -0.930. The quantitative estimate of drug-likeness (QED) is 0.804. The van der Waals surface area contributed by atoms with Crippen molar-refractivity contribution in [1.82, 2.24) is 15.2 Å². The summed E-state index contributed by atoms with van der Waals surface area (Å²) in [5, 5.41) is 3.53. The second kappa shape index (κ2) is 4.52. The van der Waals surface area contributed by atoms with E-state index in [1.807, 2.05) is 12.3 Å². The number of piperidine rings is 2. The van der Waals surface area contributed by atoms with E-state index in [2.05, 4.69) is 27.3 Å². The third kappa shape index (κ3) is 2.25. The van der Waals surface area contributed by atoms with E-state index in [0.29, 0.717) is 0 Å². The summed E-state index contributed by atoms with van der Waals surface area (Å²) < 4.78 is 0. The Labute approximate surface area is 96.9 Å². The summed E-state index contributed by atoms with van der Waals surface area (Å²) in [6, 6.07) is 6.19. The Morgan fingerprint density at radius 1 is 1.25 bits per heavy atom. The van der Waals surface area contributed by atoms with E-state index in [-0.39, 0.29) is 0 Å². The fourth-order valence-corrected chi connectivity index (χ4v) is 3.06. The van der Waals surface area contributed by atoms with Gasteiger partial charge in [-0.3, -0.25) is 9.88 Å². The third-order valence-corrected chi connectivity index (χ3v) is 3.68. The highest BCUT2D eigenvalue weighted by Gasteiger charge is 2.30. The van der Waals surface area contributed by atoms with E-state index in [1.54, 1.807) is 0 Å². The number of pyridine rings is 1. The van der Waals surface area contributed by atoms with Gasteiger partial charge in [0.15, 0.2) is 0 Å². The molecule has 1 aromatic rings. The number of fused-ring (bicyclic) bond motifs is 2. The minimum absolute atomic E-state index is 0.858. The summed E-state index contributed by atoms with van der Waals surface area (Å²) in [5.74, 6) is 1.72. The number of rotatable bonds is 2. The largest absolute Gasteiger partial charge is 0.316 e. The molecular formula is C13H19N3. The first-order valence-electron chi connectivity index (χ1n) is 6.23. The average molecular weight is 217 g/mol. The van der Waals surface area contributed by atoms with Crippen molar-refractivity contribution < 1.29 is 0 Å². The molecule has 2 aliphatic heterocycles. The molecule has 0 amide bonds. The highest BCUT2D eigenvalue weighted by molar-refractivity contribution is 5.03. The average Bonchev–Trinajstić information content (AvgIpc) is 2.30. The van der Waals surface area contributed by atoms with Crippen LogP contribution in [0.25, 0.3) is 0 Å². The molecule has 3 heterocycles. The number of aromatic nitrogens is 1. The van der Waals surface area contributed by atoms with Crippen LogP contribution < -0.4 is 5.32 Å². The molecule has 3 heteroatoms. The zero-order chi connectivity index (χ0) is 10.8. The van der Waals surface area contributed by atoms with Crippen LogP contribution in [0.5, 0.6) is 0 Å². The van der Waals surface area contributed by atoms with Crippen molar-refractivity contribution in [3.8, 4) is 0 Å². The molecule has 1 N–H and O–H groups in total. The molecule has 16 heavy (non-hydrogen) atoms. The van der Waals surface area contributed by atoms with Crippen LogP contribution in [0.1, 0.15) is 12.1 Å². The van der Waals surface area contributed by atoms with Crippen LogP contribution in [0, 0.1) is 11.8 Å². The molecule has 2 bridgehead atoms. The number of nitrogens with one attached hydrogen (secondary N) is 1. The van der Waals surface area contributed by atoms with Gasteiger partial charge in [0, 0.05) is 25.8 Å². The van der Waals surface area contributed by atoms with Gasteiger partial charge in [-0.1, -0.05) is 6.07 Å². The Balaban J connectivity index is 1.63. The van der Waals surface area contributed by atoms with Gasteiger partial charge in [0.25, 0.3) is 0 Å². The number of hydrogen-bond acceptors (Lipinski definition) is 3. The molecule has 2 aliphatic rings. The molecule has 0 saturated carbocycles. The maximum atomic E-state index is 4.41. The molecular weight excluding hydrogens is 198 g/mol. The molecule has 86 valence electrons. The molecule has 3 rings (SSSR count). The highest BCUT2D eigenvalue weighted by atomic mass is 15.2.